The van der Waals surface area contributed by atoms with Gasteiger partial charge in [0.2, 0.25) is 0 Å². The fourth-order valence-electron chi connectivity index (χ4n) is 1.43. The molecular weight excluding hydrogens is 275 g/mol. The minimum absolute atomic E-state index is 0.260. The van der Waals surface area contributed by atoms with Crippen LogP contribution >= 0.6 is 15.9 Å². The molecule has 16 heavy (non-hydrogen) atoms. The molecule has 2 aromatic rings. The third-order valence-electron chi connectivity index (χ3n) is 2.29. The quantitative estimate of drug-likeness (QED) is 0.874. The Hall–Kier alpha value is -1.49. The zero-order valence-electron chi connectivity index (χ0n) is 8.42. The Balaban J connectivity index is 2.73. The van der Waals surface area contributed by atoms with Crippen LogP contribution in [0.5, 0.6) is 0 Å². The van der Waals surface area contributed by atoms with Crippen molar-refractivity contribution in [3.63, 3.8) is 0 Å². The van der Waals surface area contributed by atoms with Crippen molar-refractivity contribution in [2.75, 3.05) is 0 Å². The number of benzene rings is 1. The van der Waals surface area contributed by atoms with Crippen LogP contribution < -0.4 is 5.56 Å². The maximum Gasteiger partial charge on any atom is 0.254 e. The second kappa shape index (κ2) is 4.17. The van der Waals surface area contributed by atoms with E-state index in [0.29, 0.717) is 21.3 Å². The van der Waals surface area contributed by atoms with Crippen molar-refractivity contribution in [3.05, 3.63) is 50.7 Å². The number of aromatic amines is 1. The van der Waals surface area contributed by atoms with Crippen LogP contribution in [-0.2, 0) is 0 Å². The summed E-state index contributed by atoms with van der Waals surface area (Å²) in [5.41, 5.74) is 0.824. The van der Waals surface area contributed by atoms with Gasteiger partial charge in [-0.3, -0.25) is 4.79 Å². The van der Waals surface area contributed by atoms with Crippen LogP contribution in [0.2, 0.25) is 0 Å². The lowest BCUT2D eigenvalue weighted by atomic mass is 10.1. The summed E-state index contributed by atoms with van der Waals surface area (Å²) in [7, 11) is 0. The minimum Gasteiger partial charge on any atom is -0.313 e. The van der Waals surface area contributed by atoms with E-state index < -0.39 is 5.82 Å². The largest absolute Gasteiger partial charge is 0.313 e. The molecule has 0 aliphatic carbocycles. The Labute approximate surface area is 99.5 Å². The minimum atomic E-state index is -0.413. The Morgan fingerprint density at radius 2 is 2.19 bits per heavy atom. The van der Waals surface area contributed by atoms with Gasteiger partial charge in [-0.1, -0.05) is 6.07 Å². The van der Waals surface area contributed by atoms with Crippen LogP contribution in [0.3, 0.4) is 0 Å². The number of hydrogen-bond acceptors (Lipinski definition) is 2. The molecule has 0 spiro atoms. The first-order valence-electron chi connectivity index (χ1n) is 4.60. The molecule has 1 N–H and O–H groups in total. The van der Waals surface area contributed by atoms with Crippen molar-refractivity contribution in [3.8, 4) is 11.3 Å². The Morgan fingerprint density at radius 1 is 1.44 bits per heavy atom. The van der Waals surface area contributed by atoms with Crippen LogP contribution in [0.15, 0.2) is 33.8 Å². The summed E-state index contributed by atoms with van der Waals surface area (Å²) >= 11 is 3.10. The topological polar surface area (TPSA) is 45.8 Å². The predicted molar refractivity (Wildman–Crippen MR) is 62.7 cm³/mol. The number of hydrogen-bond donors (Lipinski definition) is 1. The highest BCUT2D eigenvalue weighted by Crippen LogP contribution is 2.26. The average molecular weight is 283 g/mol. The number of nitrogens with zero attached hydrogens (tertiary/aromatic N) is 1. The van der Waals surface area contributed by atoms with Crippen LogP contribution in [0.25, 0.3) is 11.3 Å². The fourth-order valence-corrected chi connectivity index (χ4v) is 1.79. The third kappa shape index (κ3) is 1.78. The first-order chi connectivity index (χ1) is 7.61. The zero-order valence-corrected chi connectivity index (χ0v) is 10.0. The third-order valence-corrected chi connectivity index (χ3v) is 2.90. The number of aromatic nitrogens is 2. The highest BCUT2D eigenvalue weighted by molar-refractivity contribution is 9.10. The second-order valence-electron chi connectivity index (χ2n) is 3.31. The number of rotatable bonds is 1. The Bertz CT molecular complexity index is 595. The predicted octanol–water partition coefficient (Wildman–Crippen LogP) is 2.65. The highest BCUT2D eigenvalue weighted by atomic mass is 79.9. The summed E-state index contributed by atoms with van der Waals surface area (Å²) < 4.78 is 14.2. The molecule has 5 heteroatoms. The molecule has 0 radical (unpaired) electrons. The summed E-state index contributed by atoms with van der Waals surface area (Å²) in [5.74, 6) is -0.413. The molecule has 0 amide bonds. The van der Waals surface area contributed by atoms with E-state index in [9.17, 15) is 9.18 Å². The molecule has 0 saturated carbocycles. The summed E-state index contributed by atoms with van der Waals surface area (Å²) in [4.78, 5) is 17.8. The van der Waals surface area contributed by atoms with Crippen molar-refractivity contribution in [1.29, 1.82) is 0 Å². The Kier molecular flexibility index (Phi) is 2.87. The van der Waals surface area contributed by atoms with Crippen LogP contribution in [0.1, 0.15) is 5.56 Å². The molecule has 0 aliphatic rings. The molecule has 0 atom stereocenters. The van der Waals surface area contributed by atoms with E-state index in [-0.39, 0.29) is 5.56 Å². The summed E-state index contributed by atoms with van der Waals surface area (Å²) in [5, 5.41) is 0. The monoisotopic (exact) mass is 282 g/mol. The van der Waals surface area contributed by atoms with E-state index in [1.807, 2.05) is 0 Å². The molecule has 82 valence electrons. The van der Waals surface area contributed by atoms with Gasteiger partial charge >= 0.3 is 0 Å². The lowest BCUT2D eigenvalue weighted by Crippen LogP contribution is -2.11. The number of H-pyrrole nitrogens is 1. The van der Waals surface area contributed by atoms with Gasteiger partial charge in [-0.25, -0.2) is 9.37 Å². The second-order valence-corrected chi connectivity index (χ2v) is 4.16. The lowest BCUT2D eigenvalue weighted by Gasteiger charge is -2.05. The standard InChI is InChI=1S/C11H8BrFN2O/c1-6-10(14-5-15-11(6)16)7-3-2-4-8(12)9(7)13/h2-5H,1H3,(H,14,15,16). The van der Waals surface area contributed by atoms with Gasteiger partial charge in [0, 0.05) is 11.1 Å². The number of nitrogens with one attached hydrogen (secondary N) is 1. The van der Waals surface area contributed by atoms with E-state index >= 15 is 0 Å². The lowest BCUT2D eigenvalue weighted by molar-refractivity contribution is 0.624. The molecule has 1 heterocycles. The summed E-state index contributed by atoms with van der Waals surface area (Å²) in [6.07, 6.45) is 1.27. The van der Waals surface area contributed by atoms with Crippen molar-refractivity contribution in [2.24, 2.45) is 0 Å². The van der Waals surface area contributed by atoms with E-state index in [4.69, 9.17) is 0 Å². The van der Waals surface area contributed by atoms with Crippen molar-refractivity contribution >= 4 is 15.9 Å². The summed E-state index contributed by atoms with van der Waals surface area (Å²) in [6, 6.07) is 4.89. The molecule has 2 rings (SSSR count). The van der Waals surface area contributed by atoms with Gasteiger partial charge in [-0.05, 0) is 35.0 Å². The maximum absolute atomic E-state index is 13.8. The Morgan fingerprint density at radius 3 is 2.94 bits per heavy atom. The molecule has 0 fully saturated rings. The molecule has 0 unspecified atom stereocenters. The fraction of sp³-hybridized carbons (Fsp3) is 0.0909. The SMILES string of the molecule is Cc1c(-c2cccc(Br)c2F)nc[nH]c1=O. The molecular formula is C11H8BrFN2O. The van der Waals surface area contributed by atoms with Gasteiger partial charge in [0.25, 0.3) is 5.56 Å². The molecule has 3 nitrogen and oxygen atoms in total. The smallest absolute Gasteiger partial charge is 0.254 e. The molecule has 1 aromatic carbocycles. The van der Waals surface area contributed by atoms with Crippen molar-refractivity contribution in [1.82, 2.24) is 9.97 Å². The number of halogens is 2. The molecule has 0 bridgehead atoms. The molecule has 0 saturated heterocycles. The zero-order chi connectivity index (χ0) is 11.7. The molecule has 1 aromatic heterocycles. The van der Waals surface area contributed by atoms with Gasteiger partial charge in [0.1, 0.15) is 5.82 Å². The normalized spacial score (nSPS) is 10.4. The van der Waals surface area contributed by atoms with Gasteiger partial charge in [0.15, 0.2) is 0 Å². The van der Waals surface area contributed by atoms with Gasteiger partial charge in [-0.2, -0.15) is 0 Å². The van der Waals surface area contributed by atoms with Crippen LogP contribution in [0, 0.1) is 12.7 Å². The van der Waals surface area contributed by atoms with E-state index in [2.05, 4.69) is 25.9 Å². The van der Waals surface area contributed by atoms with Crippen molar-refractivity contribution < 1.29 is 4.39 Å². The molecule has 0 aliphatic heterocycles. The van der Waals surface area contributed by atoms with Crippen LogP contribution in [0.4, 0.5) is 4.39 Å². The van der Waals surface area contributed by atoms with E-state index in [1.165, 1.54) is 6.33 Å². The maximum atomic E-state index is 13.8. The first-order valence-corrected chi connectivity index (χ1v) is 5.39. The van der Waals surface area contributed by atoms with E-state index in [0.717, 1.165) is 0 Å². The van der Waals surface area contributed by atoms with Gasteiger partial charge < -0.3 is 4.98 Å². The first kappa shape index (κ1) is 11.0. The van der Waals surface area contributed by atoms with E-state index in [1.54, 1.807) is 25.1 Å². The van der Waals surface area contributed by atoms with Gasteiger partial charge in [-0.15, -0.1) is 0 Å². The van der Waals surface area contributed by atoms with Crippen molar-refractivity contribution in [2.45, 2.75) is 6.92 Å². The highest BCUT2D eigenvalue weighted by Gasteiger charge is 2.12. The van der Waals surface area contributed by atoms with Gasteiger partial charge in [0.05, 0.1) is 16.5 Å². The average Bonchev–Trinajstić information content (AvgIpc) is 2.27. The summed E-state index contributed by atoms with van der Waals surface area (Å²) in [6.45, 7) is 1.61. The van der Waals surface area contributed by atoms with Crippen LogP contribution in [-0.4, -0.2) is 9.97 Å².